The molecule has 1 aliphatic carbocycles. The van der Waals surface area contributed by atoms with Gasteiger partial charge in [-0.3, -0.25) is 4.79 Å². The van der Waals surface area contributed by atoms with E-state index in [2.05, 4.69) is 87.5 Å². The number of benzene rings is 2. The highest BCUT2D eigenvalue weighted by Crippen LogP contribution is 2.47. The molecular weight excluding hydrogens is 380 g/mol. The number of aromatic amines is 1. The molecule has 0 atom stereocenters. The third-order valence-corrected chi connectivity index (χ3v) is 7.25. The third-order valence-electron chi connectivity index (χ3n) is 7.25. The van der Waals surface area contributed by atoms with E-state index in [0.29, 0.717) is 6.42 Å². The van der Waals surface area contributed by atoms with Gasteiger partial charge in [0.2, 0.25) is 5.91 Å². The van der Waals surface area contributed by atoms with Gasteiger partial charge in [0, 0.05) is 29.2 Å². The number of hydrogen-bond acceptors (Lipinski definition) is 1. The van der Waals surface area contributed by atoms with E-state index in [1.54, 1.807) is 0 Å². The van der Waals surface area contributed by atoms with Crippen molar-refractivity contribution in [2.45, 2.75) is 84.0 Å². The van der Waals surface area contributed by atoms with E-state index >= 15 is 0 Å². The van der Waals surface area contributed by atoms with Crippen LogP contribution in [0.4, 0.5) is 5.69 Å². The van der Waals surface area contributed by atoms with Crippen LogP contribution in [-0.4, -0.2) is 10.9 Å². The first-order valence-electron chi connectivity index (χ1n) is 11.7. The molecule has 3 heteroatoms. The summed E-state index contributed by atoms with van der Waals surface area (Å²) in [6.45, 7) is 11.4. The van der Waals surface area contributed by atoms with Gasteiger partial charge in [-0.2, -0.15) is 0 Å². The molecule has 31 heavy (non-hydrogen) atoms. The molecule has 2 aromatic carbocycles. The van der Waals surface area contributed by atoms with Crippen molar-refractivity contribution in [3.8, 4) is 0 Å². The van der Waals surface area contributed by atoms with Crippen LogP contribution in [0.15, 0.2) is 42.6 Å². The van der Waals surface area contributed by atoms with Crippen molar-refractivity contribution >= 4 is 22.5 Å². The second kappa shape index (κ2) is 8.18. The molecule has 0 unspecified atom stereocenters. The van der Waals surface area contributed by atoms with E-state index in [4.69, 9.17) is 0 Å². The van der Waals surface area contributed by atoms with Gasteiger partial charge in [-0.15, -0.1) is 0 Å². The highest BCUT2D eigenvalue weighted by atomic mass is 16.1. The maximum Gasteiger partial charge on any atom is 0.224 e. The summed E-state index contributed by atoms with van der Waals surface area (Å²) in [5, 5.41) is 4.50. The summed E-state index contributed by atoms with van der Waals surface area (Å²) in [4.78, 5) is 16.0. The number of anilines is 1. The molecule has 0 spiro atoms. The summed E-state index contributed by atoms with van der Waals surface area (Å²) in [5.74, 6) is 0.120. The predicted octanol–water partition coefficient (Wildman–Crippen LogP) is 7.18. The maximum atomic E-state index is 12.7. The summed E-state index contributed by atoms with van der Waals surface area (Å²) in [6.07, 6.45) is 7.95. The van der Waals surface area contributed by atoms with E-state index in [9.17, 15) is 4.79 Å². The van der Waals surface area contributed by atoms with Crippen LogP contribution >= 0.6 is 0 Å². The van der Waals surface area contributed by atoms with Crippen molar-refractivity contribution in [2.75, 3.05) is 5.32 Å². The topological polar surface area (TPSA) is 44.9 Å². The Morgan fingerprint density at radius 3 is 2.42 bits per heavy atom. The van der Waals surface area contributed by atoms with Crippen LogP contribution in [0, 0.1) is 6.92 Å². The first kappa shape index (κ1) is 21.7. The number of unbranched alkanes of at least 4 members (excludes halogenated alkanes) is 1. The lowest BCUT2D eigenvalue weighted by atomic mass is 9.63. The minimum Gasteiger partial charge on any atom is -0.361 e. The molecule has 0 radical (unpaired) electrons. The van der Waals surface area contributed by atoms with E-state index in [1.165, 1.54) is 40.4 Å². The van der Waals surface area contributed by atoms with Crippen LogP contribution in [0.3, 0.4) is 0 Å². The van der Waals surface area contributed by atoms with Gasteiger partial charge < -0.3 is 10.3 Å². The Hall–Kier alpha value is -2.55. The number of aryl methyl sites for hydroxylation is 2. The molecule has 0 saturated carbocycles. The van der Waals surface area contributed by atoms with Gasteiger partial charge in [-0.1, -0.05) is 52.0 Å². The maximum absolute atomic E-state index is 12.7. The summed E-state index contributed by atoms with van der Waals surface area (Å²) in [6, 6.07) is 13.0. The van der Waals surface area contributed by atoms with E-state index < -0.39 is 0 Å². The summed E-state index contributed by atoms with van der Waals surface area (Å²) >= 11 is 0. The zero-order valence-electron chi connectivity index (χ0n) is 19.7. The molecule has 1 aromatic heterocycles. The van der Waals surface area contributed by atoms with Crippen LogP contribution in [0.1, 0.15) is 82.1 Å². The van der Waals surface area contributed by atoms with Gasteiger partial charge in [0.25, 0.3) is 0 Å². The second-order valence-electron chi connectivity index (χ2n) is 10.6. The normalized spacial score (nSPS) is 16.8. The first-order valence-corrected chi connectivity index (χ1v) is 11.7. The monoisotopic (exact) mass is 416 g/mol. The van der Waals surface area contributed by atoms with Crippen molar-refractivity contribution in [1.82, 2.24) is 4.98 Å². The zero-order chi connectivity index (χ0) is 22.2. The summed E-state index contributed by atoms with van der Waals surface area (Å²) in [5.41, 5.74) is 7.85. The highest BCUT2D eigenvalue weighted by Gasteiger charge is 2.37. The molecule has 0 fully saturated rings. The van der Waals surface area contributed by atoms with Crippen molar-refractivity contribution in [3.63, 3.8) is 0 Å². The van der Waals surface area contributed by atoms with E-state index in [0.717, 1.165) is 30.5 Å². The fourth-order valence-corrected chi connectivity index (χ4v) is 5.01. The lowest BCUT2D eigenvalue weighted by molar-refractivity contribution is -0.116. The summed E-state index contributed by atoms with van der Waals surface area (Å²) in [7, 11) is 0. The number of hydrogen-bond donors (Lipinski definition) is 2. The fraction of sp³-hybridized carbons (Fsp3) is 0.464. The highest BCUT2D eigenvalue weighted by molar-refractivity contribution is 5.91. The molecule has 0 bridgehead atoms. The summed E-state index contributed by atoms with van der Waals surface area (Å²) < 4.78 is 0. The van der Waals surface area contributed by atoms with Crippen molar-refractivity contribution < 1.29 is 4.79 Å². The Kier molecular flexibility index (Phi) is 5.72. The SMILES string of the molecule is Cc1cc2c(cc1NC(=O)CCCCc1c[nH]c3ccccc13)C(C)(C)CCC2(C)C. The van der Waals surface area contributed by atoms with Crippen molar-refractivity contribution in [1.29, 1.82) is 0 Å². The minimum atomic E-state index is 0.120. The molecule has 1 aliphatic rings. The number of rotatable bonds is 6. The molecule has 0 aliphatic heterocycles. The molecule has 2 N–H and O–H groups in total. The molecule has 1 amide bonds. The average Bonchev–Trinajstić information content (AvgIpc) is 3.13. The molecule has 0 saturated heterocycles. The van der Waals surface area contributed by atoms with Crippen LogP contribution in [0.5, 0.6) is 0 Å². The van der Waals surface area contributed by atoms with Crippen LogP contribution in [0.2, 0.25) is 0 Å². The molecular formula is C28H36N2O. The lowest BCUT2D eigenvalue weighted by Gasteiger charge is -2.42. The number of amides is 1. The number of H-pyrrole nitrogens is 1. The van der Waals surface area contributed by atoms with Gasteiger partial charge in [0.05, 0.1) is 0 Å². The third kappa shape index (κ3) is 4.42. The van der Waals surface area contributed by atoms with E-state index in [-0.39, 0.29) is 16.7 Å². The fourth-order valence-electron chi connectivity index (χ4n) is 5.01. The molecule has 164 valence electrons. The van der Waals surface area contributed by atoms with Gasteiger partial charge in [0.1, 0.15) is 0 Å². The van der Waals surface area contributed by atoms with Crippen LogP contribution < -0.4 is 5.32 Å². The number of para-hydroxylation sites is 1. The smallest absolute Gasteiger partial charge is 0.224 e. The Balaban J connectivity index is 1.37. The Morgan fingerprint density at radius 2 is 1.68 bits per heavy atom. The largest absolute Gasteiger partial charge is 0.361 e. The Labute approximate surface area is 186 Å². The standard InChI is InChI=1S/C28H36N2O/c1-19-16-22-23(28(4,5)15-14-27(22,2)3)17-25(19)30-26(31)13-9-6-10-20-18-29-24-12-8-7-11-21(20)24/h7-8,11-12,16-18,29H,6,9-10,13-15H2,1-5H3,(H,30,31). The Bertz CT molecular complexity index is 1100. The number of nitrogens with one attached hydrogen (secondary N) is 2. The number of carbonyl (C=O) groups excluding carboxylic acids is 1. The average molecular weight is 417 g/mol. The number of fused-ring (bicyclic) bond motifs is 2. The zero-order valence-corrected chi connectivity index (χ0v) is 19.7. The quantitative estimate of drug-likeness (QED) is 0.411. The van der Waals surface area contributed by atoms with Gasteiger partial charge in [-0.05, 0) is 84.2 Å². The molecule has 1 heterocycles. The first-order chi connectivity index (χ1) is 14.7. The van der Waals surface area contributed by atoms with Crippen LogP contribution in [-0.2, 0) is 22.0 Å². The second-order valence-corrected chi connectivity index (χ2v) is 10.6. The van der Waals surface area contributed by atoms with Crippen molar-refractivity contribution in [2.24, 2.45) is 0 Å². The predicted molar refractivity (Wildman–Crippen MR) is 131 cm³/mol. The molecule has 4 rings (SSSR count). The Morgan fingerprint density at radius 1 is 1.00 bits per heavy atom. The van der Waals surface area contributed by atoms with Gasteiger partial charge >= 0.3 is 0 Å². The van der Waals surface area contributed by atoms with Gasteiger partial charge in [0.15, 0.2) is 0 Å². The molecule has 3 nitrogen and oxygen atoms in total. The minimum absolute atomic E-state index is 0.120. The van der Waals surface area contributed by atoms with Crippen LogP contribution in [0.25, 0.3) is 10.9 Å². The van der Waals surface area contributed by atoms with E-state index in [1.807, 2.05) is 0 Å². The van der Waals surface area contributed by atoms with Crippen molar-refractivity contribution in [3.05, 3.63) is 64.8 Å². The lowest BCUT2D eigenvalue weighted by Crippen LogP contribution is -2.34. The molecule has 3 aromatic rings. The van der Waals surface area contributed by atoms with Gasteiger partial charge in [-0.25, -0.2) is 0 Å². The number of aromatic nitrogens is 1. The number of carbonyl (C=O) groups is 1.